The molecule has 0 bridgehead atoms. The highest BCUT2D eigenvalue weighted by Gasteiger charge is 2.49. The van der Waals surface area contributed by atoms with Crippen molar-refractivity contribution in [3.05, 3.63) is 119 Å². The summed E-state index contributed by atoms with van der Waals surface area (Å²) in [6, 6.07) is 21.8. The van der Waals surface area contributed by atoms with Crippen LogP contribution in [0, 0.1) is 13.8 Å². The van der Waals surface area contributed by atoms with Crippen LogP contribution in [0.2, 0.25) is 0 Å². The number of carbonyl (C=O) groups is 2. The summed E-state index contributed by atoms with van der Waals surface area (Å²) in [6.45, 7) is 4.03. The second-order valence-corrected chi connectivity index (χ2v) is 8.93. The summed E-state index contributed by atoms with van der Waals surface area (Å²) >= 11 is 0. The van der Waals surface area contributed by atoms with Crippen LogP contribution in [-0.2, 0) is 16.2 Å². The smallest absolute Gasteiger partial charge is 0.300 e. The molecule has 1 aromatic heterocycles. The zero-order valence-corrected chi connectivity index (χ0v) is 20.3. The molecule has 4 aromatic rings. The number of Topliss-reactive ketones (excluding diaryl/α,β-unsaturated/α-hetero) is 1. The Morgan fingerprint density at radius 2 is 1.76 bits per heavy atom. The molecule has 1 aliphatic rings. The summed E-state index contributed by atoms with van der Waals surface area (Å²) in [5.41, 5.74) is 2.94. The van der Waals surface area contributed by atoms with Crippen LogP contribution in [0.1, 0.15) is 34.1 Å². The van der Waals surface area contributed by atoms with E-state index in [9.17, 15) is 19.8 Å². The number of phenolic OH excluding ortho intramolecular Hbond substituents is 1. The molecule has 7 heteroatoms. The maximum absolute atomic E-state index is 13.3. The number of anilines is 1. The minimum absolute atomic E-state index is 0.127. The van der Waals surface area contributed by atoms with Crippen molar-refractivity contribution in [1.29, 1.82) is 0 Å². The van der Waals surface area contributed by atoms with Crippen molar-refractivity contribution in [3.8, 4) is 11.5 Å². The zero-order valence-electron chi connectivity index (χ0n) is 20.3. The lowest BCUT2D eigenvalue weighted by molar-refractivity contribution is -0.132. The Bertz CT molecular complexity index is 1500. The van der Waals surface area contributed by atoms with E-state index >= 15 is 0 Å². The first kappa shape index (κ1) is 23.9. The fourth-order valence-electron chi connectivity index (χ4n) is 4.47. The Hall–Kier alpha value is -4.78. The average Bonchev–Trinajstić information content (AvgIpc) is 3.52. The first-order chi connectivity index (χ1) is 17.8. The largest absolute Gasteiger partial charge is 0.507 e. The minimum atomic E-state index is -1.06. The molecule has 0 spiro atoms. The van der Waals surface area contributed by atoms with E-state index in [1.807, 2.05) is 44.2 Å². The quantitative estimate of drug-likeness (QED) is 0.199. The number of hydrogen-bond donors (Lipinski definition) is 2. The lowest BCUT2D eigenvalue weighted by atomic mass is 9.98. The van der Waals surface area contributed by atoms with E-state index in [-0.39, 0.29) is 28.5 Å². The molecular formula is C30H25NO6. The Labute approximate surface area is 213 Å². The van der Waals surface area contributed by atoms with Crippen molar-refractivity contribution in [2.45, 2.75) is 26.5 Å². The van der Waals surface area contributed by atoms with Gasteiger partial charge in [0.15, 0.2) is 0 Å². The number of carbonyl (C=O) groups excluding carboxylic acids is 2. The van der Waals surface area contributed by atoms with E-state index in [1.54, 1.807) is 42.5 Å². The van der Waals surface area contributed by atoms with Gasteiger partial charge in [-0.1, -0.05) is 36.4 Å². The third-order valence-electron chi connectivity index (χ3n) is 6.33. The number of aryl methyl sites for hydroxylation is 2. The summed E-state index contributed by atoms with van der Waals surface area (Å²) in [6.07, 6.45) is 1.43. The highest BCUT2D eigenvalue weighted by molar-refractivity contribution is 6.51. The lowest BCUT2D eigenvalue weighted by Gasteiger charge is -2.24. The Morgan fingerprint density at radius 1 is 0.973 bits per heavy atom. The van der Waals surface area contributed by atoms with E-state index in [1.165, 1.54) is 17.2 Å². The van der Waals surface area contributed by atoms with E-state index in [0.717, 1.165) is 16.7 Å². The number of aliphatic hydroxyl groups excluding tert-OH is 1. The van der Waals surface area contributed by atoms with Gasteiger partial charge in [0.05, 0.1) is 17.5 Å². The SMILES string of the molecule is Cc1ccc(O)c(N2C(=O)C(=O)/C(=C(\O)c3ccc(OCc4ccccc4)c(C)c3)C2c2ccco2)c1. The van der Waals surface area contributed by atoms with Gasteiger partial charge in [-0.05, 0) is 73.0 Å². The summed E-state index contributed by atoms with van der Waals surface area (Å²) in [5.74, 6) is -1.34. The Balaban J connectivity index is 1.55. The normalized spacial score (nSPS) is 16.8. The monoisotopic (exact) mass is 495 g/mol. The number of phenols is 1. The molecule has 0 radical (unpaired) electrons. The molecule has 3 aromatic carbocycles. The van der Waals surface area contributed by atoms with Gasteiger partial charge < -0.3 is 19.4 Å². The molecule has 1 atom stereocenters. The average molecular weight is 496 g/mol. The first-order valence-electron chi connectivity index (χ1n) is 11.8. The third kappa shape index (κ3) is 4.47. The molecule has 1 unspecified atom stereocenters. The summed E-state index contributed by atoms with van der Waals surface area (Å²) < 4.78 is 11.5. The Kier molecular flexibility index (Phi) is 6.27. The number of furan rings is 1. The van der Waals surface area contributed by atoms with Crippen LogP contribution < -0.4 is 9.64 Å². The number of amides is 1. The molecule has 1 aliphatic heterocycles. The highest BCUT2D eigenvalue weighted by Crippen LogP contribution is 2.45. The zero-order chi connectivity index (χ0) is 26.1. The van der Waals surface area contributed by atoms with Crippen LogP contribution >= 0.6 is 0 Å². The van der Waals surface area contributed by atoms with E-state index < -0.39 is 17.7 Å². The number of nitrogens with zero attached hydrogens (tertiary/aromatic N) is 1. The second-order valence-electron chi connectivity index (χ2n) is 8.93. The van der Waals surface area contributed by atoms with Gasteiger partial charge in [-0.2, -0.15) is 0 Å². The summed E-state index contributed by atoms with van der Waals surface area (Å²) in [5, 5.41) is 21.9. The summed E-state index contributed by atoms with van der Waals surface area (Å²) in [7, 11) is 0. The molecule has 1 saturated heterocycles. The molecule has 0 aliphatic carbocycles. The molecule has 37 heavy (non-hydrogen) atoms. The molecule has 7 nitrogen and oxygen atoms in total. The summed E-state index contributed by atoms with van der Waals surface area (Å²) in [4.78, 5) is 27.6. The van der Waals surface area contributed by atoms with Crippen molar-refractivity contribution in [3.63, 3.8) is 0 Å². The van der Waals surface area contributed by atoms with Gasteiger partial charge in [0.2, 0.25) is 0 Å². The molecule has 1 amide bonds. The van der Waals surface area contributed by atoms with Gasteiger partial charge in [-0.15, -0.1) is 0 Å². The molecule has 186 valence electrons. The van der Waals surface area contributed by atoms with Gasteiger partial charge >= 0.3 is 0 Å². The number of rotatable bonds is 6. The molecule has 0 saturated carbocycles. The number of aliphatic hydroxyl groups is 1. The predicted molar refractivity (Wildman–Crippen MR) is 138 cm³/mol. The lowest BCUT2D eigenvalue weighted by Crippen LogP contribution is -2.29. The molecule has 2 heterocycles. The van der Waals surface area contributed by atoms with Crippen LogP contribution in [0.5, 0.6) is 11.5 Å². The fraction of sp³-hybridized carbons (Fsp3) is 0.133. The van der Waals surface area contributed by atoms with Crippen molar-refractivity contribution in [2.75, 3.05) is 4.90 Å². The van der Waals surface area contributed by atoms with Gasteiger partial charge in [0, 0.05) is 5.56 Å². The molecule has 1 fully saturated rings. The van der Waals surface area contributed by atoms with Gasteiger partial charge in [-0.25, -0.2) is 0 Å². The maximum Gasteiger partial charge on any atom is 0.300 e. The second kappa shape index (κ2) is 9.70. The number of benzene rings is 3. The van der Waals surface area contributed by atoms with Gasteiger partial charge in [0.1, 0.15) is 35.7 Å². The van der Waals surface area contributed by atoms with Crippen molar-refractivity contribution >= 4 is 23.1 Å². The Morgan fingerprint density at radius 3 is 2.46 bits per heavy atom. The van der Waals surface area contributed by atoms with E-state index in [4.69, 9.17) is 9.15 Å². The van der Waals surface area contributed by atoms with Crippen molar-refractivity contribution < 1.29 is 29.0 Å². The maximum atomic E-state index is 13.3. The number of aromatic hydroxyl groups is 1. The minimum Gasteiger partial charge on any atom is -0.507 e. The van der Waals surface area contributed by atoms with Crippen LogP contribution in [0.4, 0.5) is 5.69 Å². The van der Waals surface area contributed by atoms with Gasteiger partial charge in [-0.3, -0.25) is 14.5 Å². The van der Waals surface area contributed by atoms with E-state index in [0.29, 0.717) is 17.9 Å². The molecule has 5 rings (SSSR count). The van der Waals surface area contributed by atoms with Crippen LogP contribution in [-0.4, -0.2) is 21.9 Å². The third-order valence-corrected chi connectivity index (χ3v) is 6.33. The molecule has 2 N–H and O–H groups in total. The van der Waals surface area contributed by atoms with E-state index in [2.05, 4.69) is 0 Å². The number of ether oxygens (including phenoxy) is 1. The van der Waals surface area contributed by atoms with Crippen LogP contribution in [0.3, 0.4) is 0 Å². The fourth-order valence-corrected chi connectivity index (χ4v) is 4.47. The van der Waals surface area contributed by atoms with Crippen LogP contribution in [0.15, 0.2) is 95.1 Å². The predicted octanol–water partition coefficient (Wildman–Crippen LogP) is 5.81. The van der Waals surface area contributed by atoms with Crippen molar-refractivity contribution in [1.82, 2.24) is 0 Å². The number of ketones is 1. The highest BCUT2D eigenvalue weighted by atomic mass is 16.5. The standard InChI is InChI=1S/C30H25NO6/c1-18-10-12-23(32)22(15-18)31-27(25-9-6-14-36-25)26(29(34)30(31)35)28(33)21-11-13-24(19(2)16-21)37-17-20-7-4-3-5-8-20/h3-16,27,32-33H,17H2,1-2H3/b28-26-. The molecular weight excluding hydrogens is 470 g/mol. The first-order valence-corrected chi connectivity index (χ1v) is 11.8. The topological polar surface area (TPSA) is 100 Å². The number of hydrogen-bond acceptors (Lipinski definition) is 6. The van der Waals surface area contributed by atoms with Gasteiger partial charge in [0.25, 0.3) is 11.7 Å². The van der Waals surface area contributed by atoms with Crippen LogP contribution in [0.25, 0.3) is 5.76 Å². The van der Waals surface area contributed by atoms with Crippen molar-refractivity contribution in [2.24, 2.45) is 0 Å².